The van der Waals surface area contributed by atoms with Crippen LogP contribution < -0.4 is 5.32 Å². The topological polar surface area (TPSA) is 69.6 Å². The Bertz CT molecular complexity index is 294. The third-order valence-corrected chi connectivity index (χ3v) is 1.55. The van der Waals surface area contributed by atoms with Crippen molar-refractivity contribution in [1.29, 1.82) is 0 Å². The summed E-state index contributed by atoms with van der Waals surface area (Å²) in [6, 6.07) is -0.943. The number of carbonyl (C=O) groups excluding carboxylic acids is 1. The van der Waals surface area contributed by atoms with E-state index in [1.165, 1.54) is 6.08 Å². The van der Waals surface area contributed by atoms with Crippen molar-refractivity contribution in [2.24, 2.45) is 0 Å². The van der Waals surface area contributed by atoms with Gasteiger partial charge in [0, 0.05) is 6.54 Å². The van der Waals surface area contributed by atoms with E-state index < -0.39 is 18.0 Å². The Balaban J connectivity index is 4.35. The maximum absolute atomic E-state index is 11.4. The summed E-state index contributed by atoms with van der Waals surface area (Å²) in [7, 11) is 0. The van der Waals surface area contributed by atoms with Crippen LogP contribution in [0.15, 0.2) is 12.7 Å². The van der Waals surface area contributed by atoms with Gasteiger partial charge in [0.1, 0.15) is 6.54 Å². The van der Waals surface area contributed by atoms with Gasteiger partial charge in [0.05, 0.1) is 6.04 Å². The highest BCUT2D eigenvalue weighted by molar-refractivity contribution is 5.80. The van der Waals surface area contributed by atoms with Gasteiger partial charge in [-0.1, -0.05) is 12.0 Å². The number of carbonyl (C=O) groups is 2. The van der Waals surface area contributed by atoms with Gasteiger partial charge in [-0.15, -0.1) is 13.0 Å². The molecule has 2 amide bonds. The first-order chi connectivity index (χ1) is 7.01. The number of nitrogens with zero attached hydrogens (tertiary/aromatic N) is 1. The van der Waals surface area contributed by atoms with Crippen LogP contribution in [0.1, 0.15) is 6.92 Å². The smallest absolute Gasteiger partial charge is 0.323 e. The fourth-order valence-corrected chi connectivity index (χ4v) is 0.857. The fraction of sp³-hybridized carbons (Fsp3) is 0.400. The van der Waals surface area contributed by atoms with E-state index in [-0.39, 0.29) is 13.1 Å². The number of urea groups is 1. The second kappa shape index (κ2) is 6.49. The lowest BCUT2D eigenvalue weighted by atomic mass is 10.3. The van der Waals surface area contributed by atoms with Crippen LogP contribution in [0.2, 0.25) is 0 Å². The average Bonchev–Trinajstić information content (AvgIpc) is 2.16. The van der Waals surface area contributed by atoms with E-state index in [0.29, 0.717) is 0 Å². The zero-order chi connectivity index (χ0) is 11.8. The number of hydrogen-bond acceptors (Lipinski definition) is 2. The fourth-order valence-electron chi connectivity index (χ4n) is 0.857. The SMILES string of the molecule is C#CC(C)NC(=O)N(CC=C)CC(=O)O. The number of rotatable bonds is 5. The number of carboxylic acid groups (broad SMARTS) is 1. The molecule has 0 aromatic heterocycles. The van der Waals surface area contributed by atoms with E-state index >= 15 is 0 Å². The van der Waals surface area contributed by atoms with Gasteiger partial charge < -0.3 is 15.3 Å². The monoisotopic (exact) mass is 210 g/mol. The molecular formula is C10H14N2O3. The molecule has 0 aliphatic heterocycles. The first kappa shape index (κ1) is 13.0. The summed E-state index contributed by atoms with van der Waals surface area (Å²) >= 11 is 0. The summed E-state index contributed by atoms with van der Waals surface area (Å²) in [6.45, 7) is 4.85. The van der Waals surface area contributed by atoms with Crippen LogP contribution in [0.5, 0.6) is 0 Å². The van der Waals surface area contributed by atoms with Gasteiger partial charge in [0.25, 0.3) is 0 Å². The number of aliphatic carboxylic acids is 1. The number of amides is 2. The molecule has 0 aromatic rings. The molecule has 2 N–H and O–H groups in total. The van der Waals surface area contributed by atoms with Gasteiger partial charge in [-0.3, -0.25) is 4.79 Å². The second-order valence-electron chi connectivity index (χ2n) is 2.90. The lowest BCUT2D eigenvalue weighted by molar-refractivity contribution is -0.137. The van der Waals surface area contributed by atoms with Crippen molar-refractivity contribution in [3.8, 4) is 12.3 Å². The van der Waals surface area contributed by atoms with E-state index in [4.69, 9.17) is 11.5 Å². The van der Waals surface area contributed by atoms with Crippen molar-refractivity contribution in [2.45, 2.75) is 13.0 Å². The zero-order valence-corrected chi connectivity index (χ0v) is 8.56. The van der Waals surface area contributed by atoms with E-state index in [2.05, 4.69) is 17.8 Å². The molecule has 0 radical (unpaired) electrons. The lowest BCUT2D eigenvalue weighted by Gasteiger charge is -2.20. The third kappa shape index (κ3) is 5.37. The van der Waals surface area contributed by atoms with E-state index in [9.17, 15) is 9.59 Å². The summed E-state index contributed by atoms with van der Waals surface area (Å²) in [4.78, 5) is 23.0. The Morgan fingerprint density at radius 3 is 2.73 bits per heavy atom. The van der Waals surface area contributed by atoms with Crippen LogP contribution in [-0.4, -0.2) is 41.1 Å². The molecular weight excluding hydrogens is 196 g/mol. The van der Waals surface area contributed by atoms with E-state index in [1.807, 2.05) is 0 Å². The first-order valence-electron chi connectivity index (χ1n) is 4.35. The van der Waals surface area contributed by atoms with Crippen molar-refractivity contribution in [2.75, 3.05) is 13.1 Å². The van der Waals surface area contributed by atoms with Gasteiger partial charge in [-0.2, -0.15) is 0 Å². The third-order valence-electron chi connectivity index (χ3n) is 1.55. The highest BCUT2D eigenvalue weighted by Gasteiger charge is 2.15. The largest absolute Gasteiger partial charge is 0.480 e. The predicted molar refractivity (Wildman–Crippen MR) is 56.2 cm³/mol. The van der Waals surface area contributed by atoms with Crippen molar-refractivity contribution < 1.29 is 14.7 Å². The molecule has 0 aromatic carbocycles. The summed E-state index contributed by atoms with van der Waals surface area (Å²) < 4.78 is 0. The molecule has 0 aliphatic rings. The molecule has 0 heterocycles. The molecule has 0 fully saturated rings. The summed E-state index contributed by atoms with van der Waals surface area (Å²) in [6.07, 6.45) is 6.52. The van der Waals surface area contributed by atoms with E-state index in [0.717, 1.165) is 4.90 Å². The van der Waals surface area contributed by atoms with Crippen LogP contribution >= 0.6 is 0 Å². The Morgan fingerprint density at radius 1 is 1.73 bits per heavy atom. The highest BCUT2D eigenvalue weighted by atomic mass is 16.4. The highest BCUT2D eigenvalue weighted by Crippen LogP contribution is 1.92. The van der Waals surface area contributed by atoms with Crippen LogP contribution in [0.4, 0.5) is 4.79 Å². The Kier molecular flexibility index (Phi) is 5.64. The maximum atomic E-state index is 11.4. The molecule has 15 heavy (non-hydrogen) atoms. The minimum atomic E-state index is -1.08. The number of nitrogens with one attached hydrogen (secondary N) is 1. The van der Waals surface area contributed by atoms with Gasteiger partial charge in [-0.05, 0) is 6.92 Å². The first-order valence-corrected chi connectivity index (χ1v) is 4.35. The molecule has 5 heteroatoms. The van der Waals surface area contributed by atoms with Crippen LogP contribution in [0.3, 0.4) is 0 Å². The normalized spacial score (nSPS) is 10.9. The summed E-state index contributed by atoms with van der Waals surface area (Å²) in [5.41, 5.74) is 0. The molecule has 82 valence electrons. The summed E-state index contributed by atoms with van der Waals surface area (Å²) in [5.74, 6) is 1.23. The van der Waals surface area contributed by atoms with Crippen molar-refractivity contribution in [3.05, 3.63) is 12.7 Å². The van der Waals surface area contributed by atoms with Crippen molar-refractivity contribution >= 4 is 12.0 Å². The van der Waals surface area contributed by atoms with E-state index in [1.54, 1.807) is 6.92 Å². The minimum absolute atomic E-state index is 0.162. The number of carboxylic acids is 1. The molecule has 1 atom stereocenters. The molecule has 0 bridgehead atoms. The van der Waals surface area contributed by atoms with Crippen LogP contribution in [0, 0.1) is 12.3 Å². The molecule has 0 spiro atoms. The van der Waals surface area contributed by atoms with Crippen molar-refractivity contribution in [1.82, 2.24) is 10.2 Å². The molecule has 5 nitrogen and oxygen atoms in total. The van der Waals surface area contributed by atoms with Gasteiger partial charge in [-0.25, -0.2) is 4.79 Å². The number of hydrogen-bond donors (Lipinski definition) is 2. The maximum Gasteiger partial charge on any atom is 0.323 e. The van der Waals surface area contributed by atoms with Gasteiger partial charge in [0.15, 0.2) is 0 Å². The Hall–Kier alpha value is -1.96. The average molecular weight is 210 g/mol. The second-order valence-corrected chi connectivity index (χ2v) is 2.90. The molecule has 0 aliphatic carbocycles. The van der Waals surface area contributed by atoms with Crippen molar-refractivity contribution in [3.63, 3.8) is 0 Å². The Morgan fingerprint density at radius 2 is 2.33 bits per heavy atom. The number of terminal acetylenes is 1. The zero-order valence-electron chi connectivity index (χ0n) is 8.56. The van der Waals surface area contributed by atoms with Gasteiger partial charge in [0.2, 0.25) is 0 Å². The molecule has 0 saturated heterocycles. The lowest BCUT2D eigenvalue weighted by Crippen LogP contribution is -2.45. The summed E-state index contributed by atoms with van der Waals surface area (Å²) in [5, 5.41) is 11.0. The van der Waals surface area contributed by atoms with Gasteiger partial charge >= 0.3 is 12.0 Å². The molecule has 0 saturated carbocycles. The molecule has 1 unspecified atom stereocenters. The Labute approximate surface area is 88.8 Å². The predicted octanol–water partition coefficient (Wildman–Crippen LogP) is 0.290. The van der Waals surface area contributed by atoms with Crippen LogP contribution in [0.25, 0.3) is 0 Å². The quantitative estimate of drug-likeness (QED) is 0.506. The standard InChI is InChI=1S/C10H14N2O3/c1-4-6-12(7-9(13)14)10(15)11-8(3)5-2/h2,4,8H,1,6-7H2,3H3,(H,11,15)(H,13,14). The van der Waals surface area contributed by atoms with Crippen LogP contribution in [-0.2, 0) is 4.79 Å². The minimum Gasteiger partial charge on any atom is -0.480 e. The molecule has 0 rings (SSSR count).